The van der Waals surface area contributed by atoms with Crippen LogP contribution in [-0.2, 0) is 9.53 Å². The van der Waals surface area contributed by atoms with Gasteiger partial charge < -0.3 is 10.1 Å². The van der Waals surface area contributed by atoms with Crippen molar-refractivity contribution in [1.82, 2.24) is 15.2 Å². The molecule has 162 valence electrons. The maximum absolute atomic E-state index is 12.2. The van der Waals surface area contributed by atoms with Gasteiger partial charge in [-0.15, -0.1) is 32.9 Å². The normalized spacial score (nSPS) is 10.7. The van der Waals surface area contributed by atoms with E-state index in [9.17, 15) is 9.59 Å². The Morgan fingerprint density at radius 2 is 1.91 bits per heavy atom. The van der Waals surface area contributed by atoms with E-state index in [1.54, 1.807) is 46.9 Å². The van der Waals surface area contributed by atoms with Crippen molar-refractivity contribution in [1.29, 1.82) is 0 Å². The Bertz CT molecular complexity index is 1220. The third-order valence-electron chi connectivity index (χ3n) is 4.34. The highest BCUT2D eigenvalue weighted by Crippen LogP contribution is 2.36. The van der Waals surface area contributed by atoms with Gasteiger partial charge in [-0.2, -0.15) is 0 Å². The number of esters is 1. The topological polar surface area (TPSA) is 94.1 Å². The molecule has 0 unspecified atom stereocenters. The van der Waals surface area contributed by atoms with Crippen LogP contribution in [0, 0.1) is 6.92 Å². The molecular weight excluding hydrogens is 464 g/mol. The molecule has 4 aromatic rings. The summed E-state index contributed by atoms with van der Waals surface area (Å²) in [5.74, 6) is -0.406. The number of anilines is 1. The number of nitrogens with one attached hydrogen (secondary N) is 1. The molecule has 0 atom stereocenters. The first-order valence-electron chi connectivity index (χ1n) is 9.50. The van der Waals surface area contributed by atoms with E-state index >= 15 is 0 Å². The molecule has 0 aliphatic carbocycles. The highest BCUT2D eigenvalue weighted by atomic mass is 32.2. The number of aryl methyl sites for hydroxylation is 1. The monoisotopic (exact) mass is 482 g/mol. The van der Waals surface area contributed by atoms with Crippen LogP contribution in [0.5, 0.6) is 0 Å². The molecule has 1 aromatic carbocycles. The average molecular weight is 483 g/mol. The zero-order valence-electron chi connectivity index (χ0n) is 17.2. The van der Waals surface area contributed by atoms with Crippen molar-refractivity contribution in [3.8, 4) is 20.5 Å². The number of benzene rings is 1. The number of aromatic nitrogens is 3. The highest BCUT2D eigenvalue weighted by molar-refractivity contribution is 7.99. The lowest BCUT2D eigenvalue weighted by Gasteiger charge is -2.06. The van der Waals surface area contributed by atoms with Gasteiger partial charge in [0.1, 0.15) is 15.7 Å². The molecular formula is C22H18N4O3S3. The van der Waals surface area contributed by atoms with Crippen molar-refractivity contribution in [2.24, 2.45) is 0 Å². The van der Waals surface area contributed by atoms with E-state index in [1.807, 2.05) is 30.5 Å². The molecule has 7 nitrogen and oxygen atoms in total. The lowest BCUT2D eigenvalue weighted by molar-refractivity contribution is -0.113. The number of hydrogen-bond donors (Lipinski definition) is 1. The molecule has 4 rings (SSSR count). The van der Waals surface area contributed by atoms with Gasteiger partial charge in [0.2, 0.25) is 5.91 Å². The predicted octanol–water partition coefficient (Wildman–Crippen LogP) is 5.15. The Morgan fingerprint density at radius 3 is 2.56 bits per heavy atom. The zero-order valence-corrected chi connectivity index (χ0v) is 19.6. The van der Waals surface area contributed by atoms with Crippen molar-refractivity contribution in [3.05, 3.63) is 65.2 Å². The molecule has 3 heterocycles. The molecule has 10 heteroatoms. The summed E-state index contributed by atoms with van der Waals surface area (Å²) in [4.78, 5) is 30.5. The van der Waals surface area contributed by atoms with Crippen LogP contribution >= 0.6 is 34.4 Å². The molecule has 0 radical (unpaired) electrons. The van der Waals surface area contributed by atoms with Gasteiger partial charge in [-0.25, -0.2) is 9.78 Å². The summed E-state index contributed by atoms with van der Waals surface area (Å²) in [7, 11) is 1.32. The number of carbonyl (C=O) groups excluding carboxylic acids is 2. The highest BCUT2D eigenvalue weighted by Gasteiger charge is 2.14. The van der Waals surface area contributed by atoms with Gasteiger partial charge in [0.05, 0.1) is 33.9 Å². The Hall–Kier alpha value is -3.08. The maximum Gasteiger partial charge on any atom is 0.337 e. The summed E-state index contributed by atoms with van der Waals surface area (Å²) in [6.45, 7) is 1.97. The molecule has 0 spiro atoms. The third-order valence-corrected chi connectivity index (χ3v) is 7.48. The van der Waals surface area contributed by atoms with E-state index in [4.69, 9.17) is 0 Å². The molecule has 0 fully saturated rings. The minimum absolute atomic E-state index is 0.175. The van der Waals surface area contributed by atoms with Gasteiger partial charge in [-0.3, -0.25) is 4.79 Å². The van der Waals surface area contributed by atoms with Crippen molar-refractivity contribution in [2.45, 2.75) is 11.9 Å². The van der Waals surface area contributed by atoms with Crippen LogP contribution in [0.4, 0.5) is 5.69 Å². The van der Waals surface area contributed by atoms with Crippen LogP contribution in [0.2, 0.25) is 0 Å². The Labute approximate surface area is 196 Å². The Balaban J connectivity index is 1.34. The fourth-order valence-electron chi connectivity index (χ4n) is 2.80. The van der Waals surface area contributed by atoms with E-state index < -0.39 is 5.97 Å². The van der Waals surface area contributed by atoms with Crippen LogP contribution in [0.1, 0.15) is 16.1 Å². The average Bonchev–Trinajstić information content (AvgIpc) is 3.48. The number of carbonyl (C=O) groups is 2. The van der Waals surface area contributed by atoms with E-state index in [0.29, 0.717) is 16.3 Å². The molecule has 0 saturated heterocycles. The van der Waals surface area contributed by atoms with Crippen molar-refractivity contribution >= 4 is 52.0 Å². The van der Waals surface area contributed by atoms with Crippen LogP contribution in [0.3, 0.4) is 0 Å². The molecule has 1 N–H and O–H groups in total. The molecule has 32 heavy (non-hydrogen) atoms. The molecule has 0 aliphatic rings. The van der Waals surface area contributed by atoms with Crippen LogP contribution in [-0.4, -0.2) is 39.9 Å². The SMILES string of the molecule is COC(=O)c1ccc(NC(=O)CSc2ccc(-c3sc(-c4cccs4)nc3C)nn2)cc1. The number of nitrogens with zero attached hydrogens (tertiary/aromatic N) is 3. The van der Waals surface area contributed by atoms with E-state index in [1.165, 1.54) is 18.9 Å². The Morgan fingerprint density at radius 1 is 1.09 bits per heavy atom. The fraction of sp³-hybridized carbons (Fsp3) is 0.136. The van der Waals surface area contributed by atoms with Crippen LogP contribution in [0.15, 0.2) is 58.9 Å². The quantitative estimate of drug-likeness (QED) is 0.287. The molecule has 0 aliphatic heterocycles. The summed E-state index contributed by atoms with van der Waals surface area (Å²) >= 11 is 4.56. The van der Waals surface area contributed by atoms with Gasteiger partial charge in [0.25, 0.3) is 0 Å². The first kappa shape index (κ1) is 22.1. The number of thioether (sulfide) groups is 1. The van der Waals surface area contributed by atoms with Crippen LogP contribution < -0.4 is 5.32 Å². The van der Waals surface area contributed by atoms with Gasteiger partial charge in [-0.05, 0) is 54.8 Å². The van der Waals surface area contributed by atoms with Gasteiger partial charge in [-0.1, -0.05) is 17.8 Å². The van der Waals surface area contributed by atoms with E-state index in [0.717, 1.165) is 26.1 Å². The molecule has 1 amide bonds. The zero-order chi connectivity index (χ0) is 22.5. The summed E-state index contributed by atoms with van der Waals surface area (Å²) in [5.41, 5.74) is 2.72. The van der Waals surface area contributed by atoms with Gasteiger partial charge in [0.15, 0.2) is 0 Å². The minimum Gasteiger partial charge on any atom is -0.465 e. The number of thiazole rings is 1. The molecule has 3 aromatic heterocycles. The summed E-state index contributed by atoms with van der Waals surface area (Å²) < 4.78 is 4.66. The van der Waals surface area contributed by atoms with E-state index in [2.05, 4.69) is 31.3 Å². The fourth-order valence-corrected chi connectivity index (χ4v) is 5.24. The van der Waals surface area contributed by atoms with Crippen molar-refractivity contribution in [3.63, 3.8) is 0 Å². The number of ether oxygens (including phenoxy) is 1. The van der Waals surface area contributed by atoms with Crippen molar-refractivity contribution < 1.29 is 14.3 Å². The number of hydrogen-bond acceptors (Lipinski definition) is 9. The molecule has 0 bridgehead atoms. The number of thiophene rings is 1. The minimum atomic E-state index is -0.420. The second-order valence-corrected chi connectivity index (χ2v) is 9.52. The summed E-state index contributed by atoms with van der Waals surface area (Å²) in [5, 5.41) is 15.0. The molecule has 0 saturated carbocycles. The predicted molar refractivity (Wildman–Crippen MR) is 128 cm³/mol. The van der Waals surface area contributed by atoms with Crippen LogP contribution in [0.25, 0.3) is 20.5 Å². The number of methoxy groups -OCH3 is 1. The lowest BCUT2D eigenvalue weighted by atomic mass is 10.2. The lowest BCUT2D eigenvalue weighted by Crippen LogP contribution is -2.14. The van der Waals surface area contributed by atoms with Gasteiger partial charge in [0, 0.05) is 5.69 Å². The second kappa shape index (κ2) is 10.0. The standard InChI is InChI=1S/C22H18N4O3S3/c1-13-20(32-21(23-13)17-4-3-11-30-17)16-9-10-19(26-25-16)31-12-18(27)24-15-7-5-14(6-8-15)22(28)29-2/h3-11H,12H2,1-2H3,(H,24,27). The summed E-state index contributed by atoms with van der Waals surface area (Å²) in [6, 6.07) is 14.3. The van der Waals surface area contributed by atoms with Gasteiger partial charge >= 0.3 is 5.97 Å². The third kappa shape index (κ3) is 5.21. The maximum atomic E-state index is 12.2. The first-order chi connectivity index (χ1) is 15.5. The first-order valence-corrected chi connectivity index (χ1v) is 12.2. The second-order valence-electron chi connectivity index (χ2n) is 6.57. The Kier molecular flexibility index (Phi) is 6.93. The smallest absolute Gasteiger partial charge is 0.337 e. The number of amides is 1. The van der Waals surface area contributed by atoms with Crippen molar-refractivity contribution in [2.75, 3.05) is 18.2 Å². The number of rotatable bonds is 7. The largest absolute Gasteiger partial charge is 0.465 e. The summed E-state index contributed by atoms with van der Waals surface area (Å²) in [6.07, 6.45) is 0. The van der Waals surface area contributed by atoms with E-state index in [-0.39, 0.29) is 11.7 Å².